The predicted molar refractivity (Wildman–Crippen MR) is 49.4 cm³/mol. The van der Waals surface area contributed by atoms with Gasteiger partial charge in [0.2, 0.25) is 0 Å². The first kappa shape index (κ1) is 9.86. The molecule has 4 heteroatoms. The molecule has 0 atom stereocenters. The molecule has 0 amide bonds. The topological polar surface area (TPSA) is 57.5 Å². The normalized spacial score (nSPS) is 9.92. The molecule has 0 bridgehead atoms. The van der Waals surface area contributed by atoms with Gasteiger partial charge in [0.25, 0.3) is 0 Å². The molecule has 0 aromatic heterocycles. The molecule has 0 spiro atoms. The molecule has 1 aromatic rings. The summed E-state index contributed by atoms with van der Waals surface area (Å²) in [7, 11) is 0. The molecule has 70 valence electrons. The molecule has 0 aliphatic rings. The van der Waals surface area contributed by atoms with Crippen molar-refractivity contribution in [3.8, 4) is 11.5 Å². The molecule has 0 unspecified atom stereocenters. The molecule has 1 rings (SSSR count). The SMILES string of the molecule is O=C(CCCl)c1cc(O)ccc1O. The zero-order valence-corrected chi connectivity index (χ0v) is 7.58. The maximum atomic E-state index is 11.3. The molecular weight excluding hydrogens is 192 g/mol. The minimum absolute atomic E-state index is 0.0456. The molecule has 0 saturated heterocycles. The van der Waals surface area contributed by atoms with Crippen molar-refractivity contribution in [2.45, 2.75) is 6.42 Å². The summed E-state index contributed by atoms with van der Waals surface area (Å²) in [5, 5.41) is 18.3. The summed E-state index contributed by atoms with van der Waals surface area (Å²) in [6.07, 6.45) is 0.151. The number of ketones is 1. The van der Waals surface area contributed by atoms with Crippen molar-refractivity contribution < 1.29 is 15.0 Å². The molecule has 0 heterocycles. The van der Waals surface area contributed by atoms with Crippen LogP contribution in [0.25, 0.3) is 0 Å². The highest BCUT2D eigenvalue weighted by Gasteiger charge is 2.10. The second-order valence-corrected chi connectivity index (χ2v) is 2.94. The lowest BCUT2D eigenvalue weighted by Crippen LogP contribution is -1.99. The van der Waals surface area contributed by atoms with E-state index in [2.05, 4.69) is 0 Å². The standard InChI is InChI=1S/C9H9ClO3/c10-4-3-9(13)7-5-6(11)1-2-8(7)12/h1-2,5,11-12H,3-4H2. The van der Waals surface area contributed by atoms with Gasteiger partial charge in [0.15, 0.2) is 5.78 Å². The molecule has 0 aliphatic heterocycles. The first-order valence-corrected chi connectivity index (χ1v) is 4.29. The summed E-state index contributed by atoms with van der Waals surface area (Å²) in [5.74, 6) is -0.250. The van der Waals surface area contributed by atoms with Crippen molar-refractivity contribution in [3.63, 3.8) is 0 Å². The van der Waals surface area contributed by atoms with Crippen LogP contribution in [0.2, 0.25) is 0 Å². The van der Waals surface area contributed by atoms with Crippen LogP contribution in [-0.4, -0.2) is 21.9 Å². The largest absolute Gasteiger partial charge is 0.508 e. The summed E-state index contributed by atoms with van der Waals surface area (Å²) >= 11 is 5.37. The number of hydrogen-bond donors (Lipinski definition) is 2. The highest BCUT2D eigenvalue weighted by atomic mass is 35.5. The van der Waals surface area contributed by atoms with Gasteiger partial charge in [-0.25, -0.2) is 0 Å². The zero-order valence-electron chi connectivity index (χ0n) is 6.83. The van der Waals surface area contributed by atoms with Crippen molar-refractivity contribution >= 4 is 17.4 Å². The van der Waals surface area contributed by atoms with E-state index in [9.17, 15) is 9.90 Å². The van der Waals surface area contributed by atoms with Crippen LogP contribution in [0, 0.1) is 0 Å². The van der Waals surface area contributed by atoms with Crippen molar-refractivity contribution in [3.05, 3.63) is 23.8 Å². The molecule has 13 heavy (non-hydrogen) atoms. The van der Waals surface area contributed by atoms with Crippen LogP contribution in [0.5, 0.6) is 11.5 Å². The van der Waals surface area contributed by atoms with Gasteiger partial charge >= 0.3 is 0 Å². The van der Waals surface area contributed by atoms with E-state index in [0.29, 0.717) is 0 Å². The summed E-state index contributed by atoms with van der Waals surface area (Å²) < 4.78 is 0. The Bertz CT molecular complexity index is 323. The quantitative estimate of drug-likeness (QED) is 0.445. The Hall–Kier alpha value is -1.22. The van der Waals surface area contributed by atoms with E-state index in [1.807, 2.05) is 0 Å². The smallest absolute Gasteiger partial charge is 0.167 e. The predicted octanol–water partition coefficient (Wildman–Crippen LogP) is 1.91. The molecule has 0 saturated carbocycles. The van der Waals surface area contributed by atoms with Gasteiger partial charge in [-0.2, -0.15) is 0 Å². The second-order valence-electron chi connectivity index (χ2n) is 2.56. The van der Waals surface area contributed by atoms with E-state index in [0.717, 1.165) is 0 Å². The summed E-state index contributed by atoms with van der Waals surface area (Å²) in [6.45, 7) is 0. The maximum Gasteiger partial charge on any atom is 0.167 e. The molecule has 2 N–H and O–H groups in total. The highest BCUT2D eigenvalue weighted by molar-refractivity contribution is 6.19. The first-order chi connectivity index (χ1) is 6.15. The van der Waals surface area contributed by atoms with Crippen LogP contribution in [0.4, 0.5) is 0 Å². The van der Waals surface area contributed by atoms with Crippen molar-refractivity contribution in [2.24, 2.45) is 0 Å². The third kappa shape index (κ3) is 2.36. The zero-order chi connectivity index (χ0) is 9.84. The Labute approximate surface area is 80.6 Å². The van der Waals surface area contributed by atoms with Crippen LogP contribution >= 0.6 is 11.6 Å². The number of hydrogen-bond acceptors (Lipinski definition) is 3. The van der Waals surface area contributed by atoms with E-state index in [1.54, 1.807) is 0 Å². The van der Waals surface area contributed by atoms with E-state index in [1.165, 1.54) is 18.2 Å². The molecule has 1 aromatic carbocycles. The van der Waals surface area contributed by atoms with Gasteiger partial charge in [-0.05, 0) is 18.2 Å². The third-order valence-electron chi connectivity index (χ3n) is 1.60. The molecule has 3 nitrogen and oxygen atoms in total. The van der Waals surface area contributed by atoms with Crippen LogP contribution < -0.4 is 0 Å². The summed E-state index contributed by atoms with van der Waals surface area (Å²) in [4.78, 5) is 11.3. The number of halogens is 1. The Kier molecular flexibility index (Phi) is 3.14. The number of Topliss-reactive ketones (excluding diaryl/α,β-unsaturated/α-hetero) is 1. The number of rotatable bonds is 3. The van der Waals surface area contributed by atoms with Crippen molar-refractivity contribution in [1.82, 2.24) is 0 Å². The van der Waals surface area contributed by atoms with Crippen molar-refractivity contribution in [1.29, 1.82) is 0 Å². The lowest BCUT2D eigenvalue weighted by Gasteiger charge is -2.02. The van der Waals surface area contributed by atoms with Gasteiger partial charge in [-0.3, -0.25) is 4.79 Å². The molecule has 0 radical (unpaired) electrons. The van der Waals surface area contributed by atoms with Gasteiger partial charge in [-0.1, -0.05) is 0 Å². The van der Waals surface area contributed by atoms with E-state index in [-0.39, 0.29) is 35.1 Å². The number of alkyl halides is 1. The summed E-state index contributed by atoms with van der Waals surface area (Å²) in [5.41, 5.74) is 0.112. The average Bonchev–Trinajstić information content (AvgIpc) is 2.09. The average molecular weight is 201 g/mol. The Balaban J connectivity index is 2.99. The number of phenols is 2. The number of aromatic hydroxyl groups is 2. The maximum absolute atomic E-state index is 11.3. The third-order valence-corrected chi connectivity index (χ3v) is 1.79. The Morgan fingerprint density at radius 2 is 2.08 bits per heavy atom. The van der Waals surface area contributed by atoms with Crippen LogP contribution in [0.3, 0.4) is 0 Å². The minimum Gasteiger partial charge on any atom is -0.508 e. The van der Waals surface area contributed by atoms with Crippen LogP contribution in [0.1, 0.15) is 16.8 Å². The van der Waals surface area contributed by atoms with Crippen LogP contribution in [0.15, 0.2) is 18.2 Å². The van der Waals surface area contributed by atoms with Gasteiger partial charge in [0, 0.05) is 12.3 Å². The fourth-order valence-corrected chi connectivity index (χ4v) is 1.14. The lowest BCUT2D eigenvalue weighted by molar-refractivity contribution is 0.0986. The van der Waals surface area contributed by atoms with E-state index in [4.69, 9.17) is 16.7 Å². The van der Waals surface area contributed by atoms with Crippen molar-refractivity contribution in [2.75, 3.05) is 5.88 Å². The first-order valence-electron chi connectivity index (χ1n) is 3.76. The number of benzene rings is 1. The number of carbonyl (C=O) groups excluding carboxylic acids is 1. The summed E-state index contributed by atoms with van der Waals surface area (Å²) in [6, 6.07) is 3.81. The second kappa shape index (κ2) is 4.14. The number of phenolic OH excluding ortho intramolecular Hbond substituents is 2. The van der Waals surface area contributed by atoms with Crippen LogP contribution in [-0.2, 0) is 0 Å². The Morgan fingerprint density at radius 3 is 2.69 bits per heavy atom. The molecular formula is C9H9ClO3. The van der Waals surface area contributed by atoms with Gasteiger partial charge in [-0.15, -0.1) is 11.6 Å². The van der Waals surface area contributed by atoms with Gasteiger partial charge in [0.05, 0.1) is 5.56 Å². The highest BCUT2D eigenvalue weighted by Crippen LogP contribution is 2.23. The van der Waals surface area contributed by atoms with Gasteiger partial charge < -0.3 is 10.2 Å². The fraction of sp³-hybridized carbons (Fsp3) is 0.222. The Morgan fingerprint density at radius 1 is 1.38 bits per heavy atom. The van der Waals surface area contributed by atoms with Gasteiger partial charge in [0.1, 0.15) is 11.5 Å². The monoisotopic (exact) mass is 200 g/mol. The lowest BCUT2D eigenvalue weighted by atomic mass is 10.1. The minimum atomic E-state index is -0.275. The fourth-order valence-electron chi connectivity index (χ4n) is 0.968. The van der Waals surface area contributed by atoms with E-state index < -0.39 is 0 Å². The molecule has 0 fully saturated rings. The molecule has 0 aliphatic carbocycles. The van der Waals surface area contributed by atoms with E-state index >= 15 is 0 Å². The number of carbonyl (C=O) groups is 1.